The molecule has 0 aromatic heterocycles. The number of aliphatic hydroxyl groups is 1. The monoisotopic (exact) mass is 295 g/mol. The van der Waals surface area contributed by atoms with Gasteiger partial charge in [-0.25, -0.2) is 8.78 Å². The van der Waals surface area contributed by atoms with Gasteiger partial charge in [-0.15, -0.1) is 0 Å². The summed E-state index contributed by atoms with van der Waals surface area (Å²) in [5.74, 6) is -4.00. The van der Waals surface area contributed by atoms with Crippen molar-refractivity contribution in [1.29, 1.82) is 0 Å². The van der Waals surface area contributed by atoms with Crippen LogP contribution >= 0.6 is 0 Å². The standard InChI is InChI=1S/C12H10F5NO2/c13-5-3-7-6(8(14)4-5)1-2-9(10(7)19)18-11(20)12(15,16)17/h3-4,9-10,19H,1-2H2,(H,18,20)/t9?,10-/m0/s1. The molecule has 1 amide bonds. The van der Waals surface area contributed by atoms with Crippen molar-refractivity contribution >= 4 is 5.91 Å². The van der Waals surface area contributed by atoms with E-state index in [2.05, 4.69) is 0 Å². The molecular weight excluding hydrogens is 285 g/mol. The van der Waals surface area contributed by atoms with Crippen molar-refractivity contribution in [1.82, 2.24) is 5.32 Å². The Hall–Kier alpha value is -1.70. The summed E-state index contributed by atoms with van der Waals surface area (Å²) in [7, 11) is 0. The van der Waals surface area contributed by atoms with Gasteiger partial charge in [0, 0.05) is 6.07 Å². The number of hydrogen-bond donors (Lipinski definition) is 2. The molecule has 2 rings (SSSR count). The summed E-state index contributed by atoms with van der Waals surface area (Å²) in [6, 6.07) is 0.257. The summed E-state index contributed by atoms with van der Waals surface area (Å²) >= 11 is 0. The molecule has 0 radical (unpaired) electrons. The maximum absolute atomic E-state index is 13.5. The van der Waals surface area contributed by atoms with Crippen LogP contribution in [0, 0.1) is 11.6 Å². The Labute approximate surface area is 110 Å². The highest BCUT2D eigenvalue weighted by Crippen LogP contribution is 2.32. The van der Waals surface area contributed by atoms with E-state index in [9.17, 15) is 31.9 Å². The fraction of sp³-hybridized carbons (Fsp3) is 0.417. The number of carbonyl (C=O) groups excluding carboxylic acids is 1. The number of alkyl halides is 3. The third kappa shape index (κ3) is 2.74. The molecule has 0 fully saturated rings. The first-order valence-electron chi connectivity index (χ1n) is 5.73. The predicted octanol–water partition coefficient (Wildman–Crippen LogP) is 1.99. The van der Waals surface area contributed by atoms with Crippen LogP contribution in [-0.2, 0) is 11.2 Å². The molecule has 2 N–H and O–H groups in total. The normalized spacial score (nSPS) is 22.3. The number of halogens is 5. The fourth-order valence-corrected chi connectivity index (χ4v) is 2.23. The maximum Gasteiger partial charge on any atom is 0.471 e. The molecule has 1 aliphatic carbocycles. The number of hydrogen-bond acceptors (Lipinski definition) is 2. The van der Waals surface area contributed by atoms with Crippen molar-refractivity contribution in [2.45, 2.75) is 31.2 Å². The summed E-state index contributed by atoms with van der Waals surface area (Å²) in [5.41, 5.74) is -0.0855. The van der Waals surface area contributed by atoms with Crippen LogP contribution < -0.4 is 5.32 Å². The van der Waals surface area contributed by atoms with Gasteiger partial charge >= 0.3 is 12.1 Å². The molecule has 8 heteroatoms. The van der Waals surface area contributed by atoms with Crippen LogP contribution in [0.1, 0.15) is 23.7 Å². The molecular formula is C12H10F5NO2. The van der Waals surface area contributed by atoms with Crippen molar-refractivity contribution in [3.8, 4) is 0 Å². The van der Waals surface area contributed by atoms with Crippen molar-refractivity contribution in [3.05, 3.63) is 34.9 Å². The topological polar surface area (TPSA) is 49.3 Å². The predicted molar refractivity (Wildman–Crippen MR) is 57.6 cm³/mol. The highest BCUT2D eigenvalue weighted by Gasteiger charge is 2.42. The van der Waals surface area contributed by atoms with E-state index in [1.165, 1.54) is 0 Å². The Morgan fingerprint density at radius 2 is 1.95 bits per heavy atom. The minimum absolute atomic E-state index is 0.00130. The Balaban J connectivity index is 2.24. The van der Waals surface area contributed by atoms with E-state index in [1.54, 1.807) is 5.32 Å². The highest BCUT2D eigenvalue weighted by atomic mass is 19.4. The first kappa shape index (κ1) is 14.7. The van der Waals surface area contributed by atoms with Gasteiger partial charge in [0.2, 0.25) is 0 Å². The molecule has 0 heterocycles. The molecule has 20 heavy (non-hydrogen) atoms. The lowest BCUT2D eigenvalue weighted by molar-refractivity contribution is -0.175. The molecule has 0 saturated heterocycles. The van der Waals surface area contributed by atoms with Crippen LogP contribution in [0.25, 0.3) is 0 Å². The van der Waals surface area contributed by atoms with E-state index in [0.717, 1.165) is 6.07 Å². The number of benzene rings is 1. The van der Waals surface area contributed by atoms with E-state index < -0.39 is 35.9 Å². The Kier molecular flexibility index (Phi) is 3.68. The lowest BCUT2D eigenvalue weighted by atomic mass is 9.85. The molecule has 0 spiro atoms. The third-order valence-electron chi connectivity index (χ3n) is 3.17. The first-order valence-corrected chi connectivity index (χ1v) is 5.73. The van der Waals surface area contributed by atoms with Gasteiger partial charge in [0.25, 0.3) is 0 Å². The summed E-state index contributed by atoms with van der Waals surface area (Å²) in [6.07, 6.45) is -6.73. The average molecular weight is 295 g/mol. The lowest BCUT2D eigenvalue weighted by Gasteiger charge is -2.31. The summed E-state index contributed by atoms with van der Waals surface area (Å²) in [5, 5.41) is 11.5. The molecule has 0 aliphatic heterocycles. The molecule has 1 aliphatic rings. The lowest BCUT2D eigenvalue weighted by Crippen LogP contribution is -2.47. The number of rotatable bonds is 1. The van der Waals surface area contributed by atoms with Crippen LogP contribution in [0.5, 0.6) is 0 Å². The van der Waals surface area contributed by atoms with Crippen molar-refractivity contribution in [2.75, 3.05) is 0 Å². The second-order valence-electron chi connectivity index (χ2n) is 4.52. The van der Waals surface area contributed by atoms with E-state index in [0.29, 0.717) is 6.07 Å². The molecule has 1 aromatic rings. The van der Waals surface area contributed by atoms with Gasteiger partial charge in [0.05, 0.1) is 12.1 Å². The van der Waals surface area contributed by atoms with E-state index in [4.69, 9.17) is 0 Å². The molecule has 1 unspecified atom stereocenters. The zero-order valence-electron chi connectivity index (χ0n) is 9.97. The van der Waals surface area contributed by atoms with Crippen LogP contribution in [0.3, 0.4) is 0 Å². The minimum atomic E-state index is -5.08. The third-order valence-corrected chi connectivity index (χ3v) is 3.17. The number of amides is 1. The molecule has 0 saturated carbocycles. The van der Waals surface area contributed by atoms with E-state index >= 15 is 0 Å². The molecule has 3 nitrogen and oxygen atoms in total. The number of aliphatic hydroxyl groups excluding tert-OH is 1. The van der Waals surface area contributed by atoms with Gasteiger partial charge < -0.3 is 10.4 Å². The van der Waals surface area contributed by atoms with Gasteiger partial charge in [0.1, 0.15) is 11.6 Å². The van der Waals surface area contributed by atoms with Crippen LogP contribution in [0.2, 0.25) is 0 Å². The largest absolute Gasteiger partial charge is 0.471 e. The Bertz CT molecular complexity index is 543. The zero-order chi connectivity index (χ0) is 15.1. The number of carbonyl (C=O) groups is 1. The summed E-state index contributed by atoms with van der Waals surface area (Å²) < 4.78 is 63.0. The zero-order valence-corrected chi connectivity index (χ0v) is 9.97. The molecule has 110 valence electrons. The van der Waals surface area contributed by atoms with Crippen LogP contribution in [0.15, 0.2) is 12.1 Å². The Morgan fingerprint density at radius 3 is 2.55 bits per heavy atom. The number of nitrogens with one attached hydrogen (secondary N) is 1. The quantitative estimate of drug-likeness (QED) is 0.779. The smallest absolute Gasteiger partial charge is 0.386 e. The van der Waals surface area contributed by atoms with Crippen LogP contribution in [-0.4, -0.2) is 23.2 Å². The second kappa shape index (κ2) is 5.01. The van der Waals surface area contributed by atoms with Crippen LogP contribution in [0.4, 0.5) is 22.0 Å². The van der Waals surface area contributed by atoms with Gasteiger partial charge in [0.15, 0.2) is 0 Å². The SMILES string of the molecule is O=C(NC1CCc2c(F)cc(F)cc2[C@@H]1O)C(F)(F)F. The van der Waals surface area contributed by atoms with Crippen molar-refractivity contribution < 1.29 is 31.9 Å². The molecule has 0 bridgehead atoms. The minimum Gasteiger partial charge on any atom is -0.386 e. The van der Waals surface area contributed by atoms with Crippen molar-refractivity contribution in [2.24, 2.45) is 0 Å². The second-order valence-corrected chi connectivity index (χ2v) is 4.52. The fourth-order valence-electron chi connectivity index (χ4n) is 2.23. The van der Waals surface area contributed by atoms with Gasteiger partial charge in [-0.05, 0) is 30.0 Å². The summed E-state index contributed by atoms with van der Waals surface area (Å²) in [4.78, 5) is 10.8. The summed E-state index contributed by atoms with van der Waals surface area (Å²) in [6.45, 7) is 0. The van der Waals surface area contributed by atoms with Gasteiger partial charge in [-0.1, -0.05) is 0 Å². The highest BCUT2D eigenvalue weighted by molar-refractivity contribution is 5.82. The van der Waals surface area contributed by atoms with Gasteiger partial charge in [-0.2, -0.15) is 13.2 Å². The van der Waals surface area contributed by atoms with E-state index in [1.807, 2.05) is 0 Å². The average Bonchev–Trinajstić information content (AvgIpc) is 2.32. The first-order chi connectivity index (χ1) is 9.20. The number of fused-ring (bicyclic) bond motifs is 1. The molecule has 2 atom stereocenters. The molecule has 1 aromatic carbocycles. The maximum atomic E-state index is 13.5. The van der Waals surface area contributed by atoms with Crippen molar-refractivity contribution in [3.63, 3.8) is 0 Å². The van der Waals surface area contributed by atoms with Gasteiger partial charge in [-0.3, -0.25) is 4.79 Å². The Morgan fingerprint density at radius 1 is 1.30 bits per heavy atom. The van der Waals surface area contributed by atoms with E-state index in [-0.39, 0.29) is 24.0 Å².